The molecule has 7 heteroatoms. The predicted octanol–water partition coefficient (Wildman–Crippen LogP) is 2.15. The van der Waals surface area contributed by atoms with E-state index in [-0.39, 0.29) is 5.52 Å². The average Bonchev–Trinajstić information content (AvgIpc) is 2.89. The van der Waals surface area contributed by atoms with Crippen LogP contribution in [-0.2, 0) is 4.79 Å². The number of rotatable bonds is 3. The van der Waals surface area contributed by atoms with Crippen molar-refractivity contribution in [3.63, 3.8) is 0 Å². The molecule has 24 heavy (non-hydrogen) atoms. The number of hydrogen-bond donors (Lipinski definition) is 1. The molecule has 3 aromatic rings. The van der Waals surface area contributed by atoms with Crippen molar-refractivity contribution in [3.05, 3.63) is 51.6 Å². The molecule has 0 saturated heterocycles. The van der Waals surface area contributed by atoms with E-state index in [1.165, 1.54) is 6.92 Å². The van der Waals surface area contributed by atoms with Gasteiger partial charge in [-0.1, -0.05) is 17.7 Å². The molecule has 0 saturated carbocycles. The molecule has 3 rings (SSSR count). The molecule has 0 aliphatic rings. The molecule has 2 heterocycles. The van der Waals surface area contributed by atoms with Crippen LogP contribution in [-0.4, -0.2) is 30.6 Å². The Bertz CT molecular complexity index is 999. The summed E-state index contributed by atoms with van der Waals surface area (Å²) in [6.07, 6.45) is 0. The Labute approximate surface area is 138 Å². The zero-order valence-corrected chi connectivity index (χ0v) is 13.9. The average molecular weight is 326 g/mol. The SMILES string of the molecule is Cc1ccc(-n2nc3c(=O)n([C@H](C)C(=O)O)nc(C)c3c2C)cc1. The van der Waals surface area contributed by atoms with E-state index in [9.17, 15) is 9.59 Å². The van der Waals surface area contributed by atoms with Gasteiger partial charge in [-0.25, -0.2) is 14.2 Å². The standard InChI is InChI=1S/C17H18N4O3/c1-9-5-7-13(8-6-9)20-11(3)14-10(2)18-21(12(4)17(23)24)16(22)15(14)19-20/h5-8,12H,1-4H3,(H,23,24)/t12-/m1/s1. The summed E-state index contributed by atoms with van der Waals surface area (Å²) in [5.41, 5.74) is 3.07. The van der Waals surface area contributed by atoms with E-state index in [0.717, 1.165) is 21.6 Å². The van der Waals surface area contributed by atoms with Gasteiger partial charge in [-0.05, 0) is 39.8 Å². The molecular weight excluding hydrogens is 308 g/mol. The molecule has 0 spiro atoms. The van der Waals surface area contributed by atoms with E-state index in [4.69, 9.17) is 5.11 Å². The summed E-state index contributed by atoms with van der Waals surface area (Å²) in [5, 5.41) is 18.4. The zero-order chi connectivity index (χ0) is 17.6. The highest BCUT2D eigenvalue weighted by Crippen LogP contribution is 2.21. The highest BCUT2D eigenvalue weighted by Gasteiger charge is 2.22. The maximum atomic E-state index is 12.6. The number of nitrogens with zero attached hydrogens (tertiary/aromatic N) is 4. The highest BCUT2D eigenvalue weighted by atomic mass is 16.4. The second kappa shape index (κ2) is 5.59. The van der Waals surface area contributed by atoms with Gasteiger partial charge in [-0.2, -0.15) is 10.2 Å². The van der Waals surface area contributed by atoms with Crippen LogP contribution in [0.25, 0.3) is 16.6 Å². The van der Waals surface area contributed by atoms with Crippen LogP contribution >= 0.6 is 0 Å². The van der Waals surface area contributed by atoms with Crippen LogP contribution < -0.4 is 5.56 Å². The topological polar surface area (TPSA) is 90.0 Å². The fraction of sp³-hybridized carbons (Fsp3) is 0.294. The van der Waals surface area contributed by atoms with Gasteiger partial charge in [0, 0.05) is 0 Å². The van der Waals surface area contributed by atoms with Gasteiger partial charge in [-0.15, -0.1) is 0 Å². The largest absolute Gasteiger partial charge is 0.480 e. The number of hydrogen-bond acceptors (Lipinski definition) is 4. The fourth-order valence-electron chi connectivity index (χ4n) is 2.76. The van der Waals surface area contributed by atoms with Crippen LogP contribution in [0.4, 0.5) is 0 Å². The Balaban J connectivity index is 2.30. The monoisotopic (exact) mass is 326 g/mol. The summed E-state index contributed by atoms with van der Waals surface area (Å²) in [7, 11) is 0. The van der Waals surface area contributed by atoms with Gasteiger partial charge in [0.05, 0.1) is 22.5 Å². The van der Waals surface area contributed by atoms with Crippen molar-refractivity contribution >= 4 is 16.9 Å². The molecule has 0 aliphatic carbocycles. The van der Waals surface area contributed by atoms with Crippen molar-refractivity contribution in [2.24, 2.45) is 0 Å². The van der Waals surface area contributed by atoms with Crippen molar-refractivity contribution in [3.8, 4) is 5.69 Å². The number of aromatic nitrogens is 4. The number of carbonyl (C=O) groups is 1. The molecule has 0 unspecified atom stereocenters. The maximum absolute atomic E-state index is 12.6. The van der Waals surface area contributed by atoms with Crippen molar-refractivity contribution in [2.75, 3.05) is 0 Å². The molecular formula is C17H18N4O3. The van der Waals surface area contributed by atoms with Crippen molar-refractivity contribution in [2.45, 2.75) is 33.7 Å². The van der Waals surface area contributed by atoms with Crippen LogP contribution in [0.15, 0.2) is 29.1 Å². The number of aryl methyl sites for hydroxylation is 3. The third-order valence-electron chi connectivity index (χ3n) is 4.15. The van der Waals surface area contributed by atoms with Gasteiger partial charge in [-0.3, -0.25) is 4.79 Å². The predicted molar refractivity (Wildman–Crippen MR) is 89.7 cm³/mol. The van der Waals surface area contributed by atoms with Gasteiger partial charge in [0.15, 0.2) is 11.6 Å². The second-order valence-corrected chi connectivity index (χ2v) is 5.91. The molecule has 0 fully saturated rings. The van der Waals surface area contributed by atoms with E-state index in [1.807, 2.05) is 38.1 Å². The minimum Gasteiger partial charge on any atom is -0.480 e. The third-order valence-corrected chi connectivity index (χ3v) is 4.15. The number of carboxylic acid groups (broad SMARTS) is 1. The summed E-state index contributed by atoms with van der Waals surface area (Å²) in [6, 6.07) is 6.74. The van der Waals surface area contributed by atoms with E-state index >= 15 is 0 Å². The van der Waals surface area contributed by atoms with Crippen LogP contribution in [0.5, 0.6) is 0 Å². The van der Waals surface area contributed by atoms with E-state index in [0.29, 0.717) is 11.1 Å². The van der Waals surface area contributed by atoms with Gasteiger partial charge in [0.2, 0.25) is 0 Å². The van der Waals surface area contributed by atoms with Gasteiger partial charge in [0.25, 0.3) is 5.56 Å². The summed E-state index contributed by atoms with van der Waals surface area (Å²) >= 11 is 0. The lowest BCUT2D eigenvalue weighted by atomic mass is 10.2. The molecule has 0 radical (unpaired) electrons. The minimum atomic E-state index is -1.11. The first-order valence-electron chi connectivity index (χ1n) is 7.60. The first kappa shape index (κ1) is 15.9. The number of benzene rings is 1. The number of fused-ring (bicyclic) bond motifs is 1. The molecule has 1 N–H and O–H groups in total. The Hall–Kier alpha value is -2.96. The number of carboxylic acids is 1. The Morgan fingerprint density at radius 2 is 1.75 bits per heavy atom. The molecule has 0 aliphatic heterocycles. The van der Waals surface area contributed by atoms with Crippen LogP contribution in [0.3, 0.4) is 0 Å². The first-order valence-corrected chi connectivity index (χ1v) is 7.60. The fourth-order valence-corrected chi connectivity index (χ4v) is 2.76. The summed E-state index contributed by atoms with van der Waals surface area (Å²) in [4.78, 5) is 23.8. The number of aliphatic carboxylic acids is 1. The molecule has 0 bridgehead atoms. The lowest BCUT2D eigenvalue weighted by molar-refractivity contribution is -0.140. The summed E-state index contributed by atoms with van der Waals surface area (Å²) in [6.45, 7) is 7.04. The van der Waals surface area contributed by atoms with E-state index < -0.39 is 17.6 Å². The summed E-state index contributed by atoms with van der Waals surface area (Å²) in [5.74, 6) is -1.11. The molecule has 1 aromatic carbocycles. The molecule has 0 amide bonds. The Morgan fingerprint density at radius 3 is 2.33 bits per heavy atom. The first-order chi connectivity index (χ1) is 11.3. The van der Waals surface area contributed by atoms with Crippen LogP contribution in [0.1, 0.15) is 29.9 Å². The molecule has 124 valence electrons. The smallest absolute Gasteiger partial charge is 0.328 e. The Morgan fingerprint density at radius 1 is 1.12 bits per heavy atom. The van der Waals surface area contributed by atoms with Gasteiger partial charge < -0.3 is 5.11 Å². The maximum Gasteiger partial charge on any atom is 0.328 e. The van der Waals surface area contributed by atoms with Crippen molar-refractivity contribution in [1.29, 1.82) is 0 Å². The van der Waals surface area contributed by atoms with Crippen LogP contribution in [0, 0.1) is 20.8 Å². The molecule has 1 atom stereocenters. The lowest BCUT2D eigenvalue weighted by Crippen LogP contribution is -2.31. The van der Waals surface area contributed by atoms with Crippen molar-refractivity contribution < 1.29 is 9.90 Å². The minimum absolute atomic E-state index is 0.230. The highest BCUT2D eigenvalue weighted by molar-refractivity contribution is 5.83. The van der Waals surface area contributed by atoms with Crippen LogP contribution in [0.2, 0.25) is 0 Å². The second-order valence-electron chi connectivity index (χ2n) is 5.91. The van der Waals surface area contributed by atoms with E-state index in [1.54, 1.807) is 11.6 Å². The normalized spacial score (nSPS) is 12.5. The van der Waals surface area contributed by atoms with Gasteiger partial charge in [0.1, 0.15) is 0 Å². The lowest BCUT2D eigenvalue weighted by Gasteiger charge is -2.10. The quantitative estimate of drug-likeness (QED) is 0.796. The Kier molecular flexibility index (Phi) is 3.71. The van der Waals surface area contributed by atoms with E-state index in [2.05, 4.69) is 10.2 Å². The van der Waals surface area contributed by atoms with Crippen molar-refractivity contribution in [1.82, 2.24) is 19.6 Å². The zero-order valence-electron chi connectivity index (χ0n) is 13.9. The molecule has 2 aromatic heterocycles. The third kappa shape index (κ3) is 2.38. The van der Waals surface area contributed by atoms with Gasteiger partial charge >= 0.3 is 5.97 Å². The summed E-state index contributed by atoms with van der Waals surface area (Å²) < 4.78 is 2.67. The molecule has 7 nitrogen and oxygen atoms in total.